The lowest BCUT2D eigenvalue weighted by molar-refractivity contribution is -0.202. The minimum Gasteiger partial charge on any atom is -0.469 e. The number of nitrogens with one attached hydrogen (secondary N) is 2. The third kappa shape index (κ3) is 7.15. The molecule has 9 nitrogen and oxygen atoms in total. The van der Waals surface area contributed by atoms with Crippen molar-refractivity contribution in [3.63, 3.8) is 0 Å². The van der Waals surface area contributed by atoms with Crippen LogP contribution >= 0.6 is 0 Å². The van der Waals surface area contributed by atoms with Crippen LogP contribution in [-0.2, 0) is 14.3 Å². The Morgan fingerprint density at radius 1 is 0.672 bits per heavy atom. The average molecular weight is 811 g/mol. The van der Waals surface area contributed by atoms with Gasteiger partial charge in [0.05, 0.1) is 31.5 Å². The lowest BCUT2D eigenvalue weighted by Crippen LogP contribution is -2.62. The van der Waals surface area contributed by atoms with Gasteiger partial charge < -0.3 is 35.8 Å². The first kappa shape index (κ1) is 43.4. The van der Waals surface area contributed by atoms with Crippen LogP contribution in [0.25, 0.3) is 0 Å². The number of amides is 1. The van der Waals surface area contributed by atoms with E-state index in [9.17, 15) is 30.0 Å². The minimum atomic E-state index is -0.378. The van der Waals surface area contributed by atoms with Gasteiger partial charge in [-0.25, -0.2) is 0 Å². The minimum absolute atomic E-state index is 0.0465. The Balaban J connectivity index is 0.852. The Kier molecular flexibility index (Phi) is 12.3. The van der Waals surface area contributed by atoms with Gasteiger partial charge in [-0.2, -0.15) is 0 Å². The second kappa shape index (κ2) is 16.5. The molecular formula is C49H82N2O7. The molecular weight excluding hydrogens is 729 g/mol. The van der Waals surface area contributed by atoms with Crippen LogP contribution in [0.3, 0.4) is 0 Å². The maximum Gasteiger partial charge on any atom is 0.305 e. The van der Waals surface area contributed by atoms with Gasteiger partial charge in [0, 0.05) is 24.9 Å². The van der Waals surface area contributed by atoms with Gasteiger partial charge in [0.25, 0.3) is 0 Å². The number of aliphatic hydroxyl groups is 4. The molecule has 8 rings (SSSR count). The van der Waals surface area contributed by atoms with Crippen molar-refractivity contribution in [2.45, 2.75) is 187 Å². The average Bonchev–Trinajstić information content (AvgIpc) is 3.80. The molecule has 0 spiro atoms. The third-order valence-corrected chi connectivity index (χ3v) is 21.0. The van der Waals surface area contributed by atoms with Crippen molar-refractivity contribution in [1.82, 2.24) is 10.6 Å². The lowest BCUT2D eigenvalue weighted by atomic mass is 9.43. The summed E-state index contributed by atoms with van der Waals surface area (Å²) in [7, 11) is 3.51. The number of hydrogen-bond acceptors (Lipinski definition) is 8. The van der Waals surface area contributed by atoms with Crippen LogP contribution in [0, 0.1) is 93.2 Å². The molecule has 330 valence electrons. The lowest BCUT2D eigenvalue weighted by Gasteiger charge is -2.63. The van der Waals surface area contributed by atoms with E-state index in [2.05, 4.69) is 52.3 Å². The van der Waals surface area contributed by atoms with E-state index in [1.54, 1.807) is 0 Å². The Hall–Kier alpha value is -1.26. The summed E-state index contributed by atoms with van der Waals surface area (Å²) < 4.78 is 4.90. The monoisotopic (exact) mass is 811 g/mol. The summed E-state index contributed by atoms with van der Waals surface area (Å²) in [5, 5.41) is 54.5. The van der Waals surface area contributed by atoms with E-state index in [-0.39, 0.29) is 82.3 Å². The van der Waals surface area contributed by atoms with Gasteiger partial charge in [0.15, 0.2) is 0 Å². The fourth-order valence-corrected chi connectivity index (χ4v) is 17.7. The van der Waals surface area contributed by atoms with Crippen LogP contribution in [0.5, 0.6) is 0 Å². The quantitative estimate of drug-likeness (QED) is 0.131. The van der Waals surface area contributed by atoms with E-state index >= 15 is 0 Å². The van der Waals surface area contributed by atoms with Crippen LogP contribution in [0.1, 0.15) is 150 Å². The summed E-state index contributed by atoms with van der Waals surface area (Å²) >= 11 is 0. The van der Waals surface area contributed by atoms with Crippen LogP contribution in [0.15, 0.2) is 0 Å². The van der Waals surface area contributed by atoms with Gasteiger partial charge in [-0.1, -0.05) is 34.6 Å². The number of rotatable bonds is 10. The number of carbonyl (C=O) groups excluding carboxylic acids is 2. The van der Waals surface area contributed by atoms with Gasteiger partial charge in [-0.05, 0) is 203 Å². The van der Waals surface area contributed by atoms with Crippen LogP contribution in [0.4, 0.5) is 0 Å². The molecule has 1 amide bonds. The Bertz CT molecular complexity index is 1490. The summed E-state index contributed by atoms with van der Waals surface area (Å²) in [6.07, 6.45) is 14.9. The standard InChI is InChI=1S/C49H82N2O7/c1-26(9-15-43(57)58-7)32-10-11-33-44(32)40(54)24-36-45(33)38(52)22-29-21-31(17-19-47(29,36)3)51-42(56)14-8-27(2)34-12-13-35-46-37(25-41(55)49(34,35)5)48(4)18-16-30(50-6)20-28(48)23-39(46)53/h26-41,44-46,50,52-55H,8-25H2,1-7H3,(H,51,56)/t26-,27-,28+,29+,30-,31-,32?,33-,34?,35+,36?,37?,38+,39+,40?,41?,44?,45-,46-,47?,48?,49?/m1/s1. The predicted octanol–water partition coefficient (Wildman–Crippen LogP) is 6.88. The number of fused-ring (bicyclic) bond motifs is 10. The Morgan fingerprint density at radius 2 is 1.28 bits per heavy atom. The zero-order valence-electron chi connectivity index (χ0n) is 37.2. The molecule has 8 aliphatic rings. The van der Waals surface area contributed by atoms with E-state index in [0.29, 0.717) is 72.1 Å². The van der Waals surface area contributed by atoms with E-state index in [0.717, 1.165) is 89.9 Å². The van der Waals surface area contributed by atoms with Crippen LogP contribution in [0.2, 0.25) is 0 Å². The SMILES string of the molecule is CN[C@@H]1CCC2(C)C3CC(O)C4(C)C([C@H](C)CCC(=O)N[C@@H]5CCC6(C)C7CC(O)C8C([C@H](C)CCC(=O)OC)CC[C@H]8[C@H]7[C@@H](O)C[C@@H]6C5)CC[C@H]4[C@H]3[C@@H](O)C[C@@H]2C1. The predicted molar refractivity (Wildman–Crippen MR) is 225 cm³/mol. The third-order valence-electron chi connectivity index (χ3n) is 21.0. The molecule has 9 heteroatoms. The summed E-state index contributed by atoms with van der Waals surface area (Å²) in [5.41, 5.74) is -0.000440. The first-order valence-electron chi connectivity index (χ1n) is 24.3. The Labute approximate surface area is 350 Å². The molecule has 58 heavy (non-hydrogen) atoms. The largest absolute Gasteiger partial charge is 0.469 e. The molecule has 0 aromatic carbocycles. The smallest absolute Gasteiger partial charge is 0.305 e. The highest BCUT2D eigenvalue weighted by Crippen LogP contribution is 2.69. The highest BCUT2D eigenvalue weighted by atomic mass is 16.5. The van der Waals surface area contributed by atoms with Gasteiger partial charge in [-0.15, -0.1) is 0 Å². The molecule has 8 aliphatic carbocycles. The van der Waals surface area contributed by atoms with Crippen molar-refractivity contribution in [3.8, 4) is 0 Å². The topological polar surface area (TPSA) is 148 Å². The van der Waals surface area contributed by atoms with Crippen molar-refractivity contribution in [2.75, 3.05) is 14.2 Å². The molecule has 6 N–H and O–H groups in total. The number of methoxy groups -OCH3 is 1. The second-order valence-corrected chi connectivity index (χ2v) is 23.0. The van der Waals surface area contributed by atoms with Crippen LogP contribution < -0.4 is 10.6 Å². The molecule has 0 aromatic heterocycles. The first-order valence-corrected chi connectivity index (χ1v) is 24.3. The number of aliphatic hydroxyl groups excluding tert-OH is 4. The van der Waals surface area contributed by atoms with Gasteiger partial charge in [0.2, 0.25) is 5.91 Å². The number of ether oxygens (including phenoxy) is 1. The summed E-state index contributed by atoms with van der Waals surface area (Å²) in [6, 6.07) is 0.646. The van der Waals surface area contributed by atoms with Gasteiger partial charge in [-0.3, -0.25) is 9.59 Å². The molecule has 0 aromatic rings. The van der Waals surface area contributed by atoms with Crippen molar-refractivity contribution in [3.05, 3.63) is 0 Å². The number of hydrogen-bond donors (Lipinski definition) is 6. The maximum absolute atomic E-state index is 13.7. The zero-order chi connectivity index (χ0) is 41.5. The second-order valence-electron chi connectivity index (χ2n) is 23.0. The summed E-state index contributed by atoms with van der Waals surface area (Å²) in [4.78, 5) is 25.6. The molecule has 0 radical (unpaired) electrons. The zero-order valence-corrected chi connectivity index (χ0v) is 37.2. The highest BCUT2D eigenvalue weighted by molar-refractivity contribution is 5.76. The van der Waals surface area contributed by atoms with E-state index in [4.69, 9.17) is 4.74 Å². The molecule has 0 bridgehead atoms. The highest BCUT2D eigenvalue weighted by Gasteiger charge is 2.66. The molecule has 8 fully saturated rings. The number of carbonyl (C=O) groups is 2. The van der Waals surface area contributed by atoms with Gasteiger partial charge in [0.1, 0.15) is 0 Å². The molecule has 0 heterocycles. The number of esters is 1. The Morgan fingerprint density at radius 3 is 1.95 bits per heavy atom. The van der Waals surface area contributed by atoms with E-state index < -0.39 is 0 Å². The molecule has 8 saturated carbocycles. The fraction of sp³-hybridized carbons (Fsp3) is 0.959. The summed E-state index contributed by atoms with van der Waals surface area (Å²) in [6.45, 7) is 11.8. The first-order chi connectivity index (χ1) is 27.5. The van der Waals surface area contributed by atoms with Crippen molar-refractivity contribution in [2.24, 2.45) is 93.2 Å². The molecule has 22 atom stereocenters. The van der Waals surface area contributed by atoms with E-state index in [1.165, 1.54) is 20.0 Å². The van der Waals surface area contributed by atoms with Crippen LogP contribution in [-0.4, -0.2) is 83.0 Å². The van der Waals surface area contributed by atoms with E-state index in [1.807, 2.05) is 0 Å². The van der Waals surface area contributed by atoms with Crippen molar-refractivity contribution < 1.29 is 34.8 Å². The van der Waals surface area contributed by atoms with Crippen molar-refractivity contribution >= 4 is 11.9 Å². The maximum atomic E-state index is 13.7. The molecule has 0 saturated heterocycles. The normalized spacial score (nSPS) is 51.8. The molecule has 0 aliphatic heterocycles. The molecule has 10 unspecified atom stereocenters. The summed E-state index contributed by atoms with van der Waals surface area (Å²) in [5.74, 6) is 4.13. The van der Waals surface area contributed by atoms with Crippen molar-refractivity contribution in [1.29, 1.82) is 0 Å². The van der Waals surface area contributed by atoms with Gasteiger partial charge >= 0.3 is 5.97 Å². The fourth-order valence-electron chi connectivity index (χ4n) is 17.7.